The molecule has 0 saturated carbocycles. The molecule has 134 valence electrons. The zero-order valence-corrected chi connectivity index (χ0v) is 15.5. The number of aliphatic carboxylic acids is 1. The van der Waals surface area contributed by atoms with Crippen molar-refractivity contribution >= 4 is 29.3 Å². The molecule has 2 N–H and O–H groups in total. The molecule has 0 aliphatic carbocycles. The molecule has 0 heterocycles. The smallest absolute Gasteiger partial charge is 0.326 e. The van der Waals surface area contributed by atoms with E-state index < -0.39 is 17.9 Å². The summed E-state index contributed by atoms with van der Waals surface area (Å²) in [7, 11) is 0. The van der Waals surface area contributed by atoms with Gasteiger partial charge in [0.2, 0.25) is 0 Å². The van der Waals surface area contributed by atoms with E-state index in [0.717, 1.165) is 11.3 Å². The minimum Gasteiger partial charge on any atom is -0.480 e. The lowest BCUT2D eigenvalue weighted by Crippen LogP contribution is -2.42. The molecule has 1 rings (SSSR count). The van der Waals surface area contributed by atoms with E-state index >= 15 is 0 Å². The van der Waals surface area contributed by atoms with E-state index in [-0.39, 0.29) is 5.57 Å². The Morgan fingerprint density at radius 1 is 1.48 bits per heavy atom. The summed E-state index contributed by atoms with van der Waals surface area (Å²) in [5, 5.41) is 20.9. The van der Waals surface area contributed by atoms with Gasteiger partial charge in [0, 0.05) is 18.4 Å². The number of hydrogen-bond donors (Lipinski definition) is 2. The van der Waals surface area contributed by atoms with Crippen molar-refractivity contribution in [1.29, 1.82) is 5.26 Å². The first-order valence-electron chi connectivity index (χ1n) is 7.90. The third-order valence-electron chi connectivity index (χ3n) is 3.54. The molecule has 0 saturated heterocycles. The summed E-state index contributed by atoms with van der Waals surface area (Å²) in [6.45, 7) is 4.43. The summed E-state index contributed by atoms with van der Waals surface area (Å²) in [6.07, 6.45) is 3.62. The number of benzene rings is 1. The Balaban J connectivity index is 2.97. The largest absolute Gasteiger partial charge is 0.480 e. The van der Waals surface area contributed by atoms with Gasteiger partial charge in [0.05, 0.1) is 0 Å². The van der Waals surface area contributed by atoms with Gasteiger partial charge in [-0.1, -0.05) is 12.1 Å². The van der Waals surface area contributed by atoms with E-state index in [2.05, 4.69) is 5.32 Å². The standard InChI is InChI=1S/C18H23N3O3S/c1-4-21(15-7-5-6-13(2)10-15)12-14(11-19)17(22)20-16(18(23)24)8-9-25-3/h5-7,10,12,16H,4,8-9H2,1-3H3,(H,20,22)(H,23,24)/b14-12-. The maximum absolute atomic E-state index is 12.3. The van der Waals surface area contributed by atoms with Gasteiger partial charge in [0.15, 0.2) is 0 Å². The second-order valence-corrected chi connectivity index (χ2v) is 6.41. The number of carboxylic acid groups (broad SMARTS) is 1. The van der Waals surface area contributed by atoms with Gasteiger partial charge in [0.25, 0.3) is 5.91 Å². The molecule has 1 aromatic rings. The molecule has 1 unspecified atom stereocenters. The SMILES string of the molecule is CCN(/C=C(/C#N)C(=O)NC(CCSC)C(=O)O)c1cccc(C)c1. The number of aryl methyl sites for hydroxylation is 1. The van der Waals surface area contributed by atoms with Crippen molar-refractivity contribution in [1.82, 2.24) is 5.32 Å². The summed E-state index contributed by atoms with van der Waals surface area (Å²) in [5.74, 6) is -1.18. The number of nitriles is 1. The van der Waals surface area contributed by atoms with E-state index in [1.807, 2.05) is 50.4 Å². The van der Waals surface area contributed by atoms with Crippen LogP contribution in [0.4, 0.5) is 5.69 Å². The molecule has 7 heteroatoms. The van der Waals surface area contributed by atoms with Gasteiger partial charge in [-0.15, -0.1) is 0 Å². The van der Waals surface area contributed by atoms with E-state index in [9.17, 15) is 20.0 Å². The summed E-state index contributed by atoms with van der Waals surface area (Å²) >= 11 is 1.50. The lowest BCUT2D eigenvalue weighted by atomic mass is 10.2. The molecule has 0 aliphatic heterocycles. The minimum absolute atomic E-state index is 0.126. The number of thioether (sulfide) groups is 1. The fourth-order valence-corrected chi connectivity index (χ4v) is 2.65. The van der Waals surface area contributed by atoms with Crippen LogP contribution in [0.25, 0.3) is 0 Å². The molecule has 0 bridgehead atoms. The number of carbonyl (C=O) groups excluding carboxylic acids is 1. The Labute approximate surface area is 152 Å². The van der Waals surface area contributed by atoms with Crippen LogP contribution in [-0.2, 0) is 9.59 Å². The van der Waals surface area contributed by atoms with Gasteiger partial charge in [-0.3, -0.25) is 4.79 Å². The molecule has 0 aromatic heterocycles. The van der Waals surface area contributed by atoms with Crippen molar-refractivity contribution in [2.24, 2.45) is 0 Å². The number of nitrogens with zero attached hydrogens (tertiary/aromatic N) is 2. The van der Waals surface area contributed by atoms with Crippen LogP contribution in [-0.4, -0.2) is 41.6 Å². The monoisotopic (exact) mass is 361 g/mol. The highest BCUT2D eigenvalue weighted by Crippen LogP contribution is 2.17. The first-order chi connectivity index (χ1) is 11.9. The Morgan fingerprint density at radius 2 is 2.20 bits per heavy atom. The quantitative estimate of drug-likeness (QED) is 0.519. The molecular formula is C18H23N3O3S. The van der Waals surface area contributed by atoms with Gasteiger partial charge in [-0.05, 0) is 50.0 Å². The number of amides is 1. The number of rotatable bonds is 9. The number of carboxylic acids is 1. The van der Waals surface area contributed by atoms with E-state index in [4.69, 9.17) is 0 Å². The number of carbonyl (C=O) groups is 2. The molecule has 0 radical (unpaired) electrons. The zero-order chi connectivity index (χ0) is 18.8. The molecule has 25 heavy (non-hydrogen) atoms. The van der Waals surface area contributed by atoms with E-state index in [1.165, 1.54) is 18.0 Å². The van der Waals surface area contributed by atoms with E-state index in [0.29, 0.717) is 18.7 Å². The van der Waals surface area contributed by atoms with E-state index in [1.54, 1.807) is 4.90 Å². The molecular weight excluding hydrogens is 338 g/mol. The average Bonchev–Trinajstić information content (AvgIpc) is 2.59. The van der Waals surface area contributed by atoms with Crippen LogP contribution >= 0.6 is 11.8 Å². The predicted octanol–water partition coefficient (Wildman–Crippen LogP) is 2.55. The van der Waals surface area contributed by atoms with Crippen molar-refractivity contribution in [3.05, 3.63) is 41.6 Å². The maximum atomic E-state index is 12.3. The predicted molar refractivity (Wildman–Crippen MR) is 100 cm³/mol. The van der Waals surface area contributed by atoms with Crippen molar-refractivity contribution in [2.45, 2.75) is 26.3 Å². The molecule has 0 spiro atoms. The first-order valence-corrected chi connectivity index (χ1v) is 9.30. The highest BCUT2D eigenvalue weighted by molar-refractivity contribution is 7.98. The summed E-state index contributed by atoms with van der Waals surface area (Å²) in [6, 6.07) is 8.55. The van der Waals surface area contributed by atoms with Crippen LogP contribution in [0.15, 0.2) is 36.0 Å². The lowest BCUT2D eigenvalue weighted by molar-refractivity contribution is -0.141. The molecule has 1 aromatic carbocycles. The lowest BCUT2D eigenvalue weighted by Gasteiger charge is -2.20. The van der Waals surface area contributed by atoms with Crippen molar-refractivity contribution in [2.75, 3.05) is 23.5 Å². The third kappa shape index (κ3) is 6.51. The topological polar surface area (TPSA) is 93.4 Å². The first kappa shape index (κ1) is 20.6. The number of nitrogens with one attached hydrogen (secondary N) is 1. The summed E-state index contributed by atoms with van der Waals surface area (Å²) in [5.41, 5.74) is 1.80. The Kier molecular flexibility index (Phi) is 8.57. The van der Waals surface area contributed by atoms with Gasteiger partial charge >= 0.3 is 5.97 Å². The fourth-order valence-electron chi connectivity index (χ4n) is 2.18. The minimum atomic E-state index is -1.11. The maximum Gasteiger partial charge on any atom is 0.326 e. The second-order valence-electron chi connectivity index (χ2n) is 5.43. The van der Waals surface area contributed by atoms with Gasteiger partial charge in [-0.25, -0.2) is 4.79 Å². The van der Waals surface area contributed by atoms with Crippen LogP contribution in [0.1, 0.15) is 18.9 Å². The summed E-state index contributed by atoms with van der Waals surface area (Å²) < 4.78 is 0. The van der Waals surface area contributed by atoms with Crippen LogP contribution in [0, 0.1) is 18.3 Å². The highest BCUT2D eigenvalue weighted by atomic mass is 32.2. The Morgan fingerprint density at radius 3 is 2.72 bits per heavy atom. The van der Waals surface area contributed by atoms with Crippen LogP contribution < -0.4 is 10.2 Å². The average molecular weight is 361 g/mol. The van der Waals surface area contributed by atoms with Gasteiger partial charge in [0.1, 0.15) is 17.7 Å². The summed E-state index contributed by atoms with van der Waals surface area (Å²) in [4.78, 5) is 25.3. The molecule has 1 amide bonds. The Hall–Kier alpha value is -2.46. The molecule has 6 nitrogen and oxygen atoms in total. The van der Waals surface area contributed by atoms with Crippen molar-refractivity contribution < 1.29 is 14.7 Å². The third-order valence-corrected chi connectivity index (χ3v) is 4.18. The molecule has 1 atom stereocenters. The van der Waals surface area contributed by atoms with Gasteiger partial charge < -0.3 is 15.3 Å². The van der Waals surface area contributed by atoms with Gasteiger partial charge in [-0.2, -0.15) is 17.0 Å². The van der Waals surface area contributed by atoms with Crippen molar-refractivity contribution in [3.8, 4) is 6.07 Å². The molecule has 0 aliphatic rings. The van der Waals surface area contributed by atoms with Crippen LogP contribution in [0.2, 0.25) is 0 Å². The zero-order valence-electron chi connectivity index (χ0n) is 14.7. The fraction of sp³-hybridized carbons (Fsp3) is 0.389. The van der Waals surface area contributed by atoms with Crippen LogP contribution in [0.3, 0.4) is 0 Å². The number of hydrogen-bond acceptors (Lipinski definition) is 5. The Bertz CT molecular complexity index is 682. The normalized spacial score (nSPS) is 12.2. The molecule has 0 fully saturated rings. The second kappa shape index (κ2) is 10.4. The van der Waals surface area contributed by atoms with Crippen LogP contribution in [0.5, 0.6) is 0 Å². The number of anilines is 1. The highest BCUT2D eigenvalue weighted by Gasteiger charge is 2.22. The van der Waals surface area contributed by atoms with Crippen molar-refractivity contribution in [3.63, 3.8) is 0 Å².